The van der Waals surface area contributed by atoms with Crippen molar-refractivity contribution in [3.05, 3.63) is 179 Å². The molecule has 0 aliphatic carbocycles. The maximum atomic E-state index is 2.46. The van der Waals surface area contributed by atoms with E-state index >= 15 is 0 Å². The molecular weight excluding hydrogens is 594 g/mol. The molecule has 0 N–H and O–H groups in total. The van der Waals surface area contributed by atoms with Crippen LogP contribution in [0.4, 0.5) is 34.1 Å². The molecule has 0 fully saturated rings. The highest BCUT2D eigenvalue weighted by molar-refractivity contribution is 6.18. The van der Waals surface area contributed by atoms with E-state index in [1.165, 1.54) is 33.4 Å². The molecule has 0 amide bonds. The molecule has 6 aromatic carbocycles. The second-order valence-electron chi connectivity index (χ2n) is 12.0. The number of rotatable bonds is 6. The largest absolute Gasteiger partial charge is 1.00 e. The van der Waals surface area contributed by atoms with Crippen LogP contribution in [0.25, 0.3) is 0 Å². The standard InChI is InChI=1S/C43H42N3.ClH/c1-31-19-7-13-25-37(31)44(38-26-14-8-20-32(38)2)43(45(39-27-15-9-21-33(39)3)40-28-16-10-22-34(40)4)46(41-29-17-11-23-35(41)5)42-30-18-12-24-36(42)6;/h7-30H,1-6H3;1H/q+1;/p-1. The number of nitrogens with zero attached hydrogens (tertiary/aromatic N) is 3. The van der Waals surface area contributed by atoms with Gasteiger partial charge >= 0.3 is 5.96 Å². The number of para-hydroxylation sites is 6. The maximum absolute atomic E-state index is 2.46. The van der Waals surface area contributed by atoms with E-state index in [0.717, 1.165) is 40.1 Å². The van der Waals surface area contributed by atoms with Crippen molar-refractivity contribution in [1.82, 2.24) is 4.58 Å². The first kappa shape index (κ1) is 33.2. The summed E-state index contributed by atoms with van der Waals surface area (Å²) >= 11 is 0. The van der Waals surface area contributed by atoms with E-state index < -0.39 is 0 Å². The molecule has 0 heterocycles. The summed E-state index contributed by atoms with van der Waals surface area (Å²) in [6.45, 7) is 13.2. The zero-order valence-electron chi connectivity index (χ0n) is 28.1. The van der Waals surface area contributed by atoms with Gasteiger partial charge in [-0.1, -0.05) is 109 Å². The SMILES string of the molecule is Cc1ccccc1N(C(N(c1ccccc1C)c1ccccc1C)=[N+](c1ccccc1C)c1ccccc1C)c1ccccc1C.[Cl-]. The van der Waals surface area contributed by atoms with Crippen LogP contribution >= 0.6 is 0 Å². The minimum absolute atomic E-state index is 0. The quantitative estimate of drug-likeness (QED) is 0.103. The van der Waals surface area contributed by atoms with E-state index in [9.17, 15) is 0 Å². The van der Waals surface area contributed by atoms with Crippen molar-refractivity contribution >= 4 is 40.1 Å². The van der Waals surface area contributed by atoms with E-state index in [-0.39, 0.29) is 12.4 Å². The highest BCUT2D eigenvalue weighted by Gasteiger charge is 2.39. The van der Waals surface area contributed by atoms with E-state index in [4.69, 9.17) is 0 Å². The number of hydrogen-bond donors (Lipinski definition) is 0. The Morgan fingerprint density at radius 3 is 0.830 bits per heavy atom. The molecule has 0 spiro atoms. The fourth-order valence-corrected chi connectivity index (χ4v) is 6.22. The molecule has 0 bridgehead atoms. The number of aryl methyl sites for hydroxylation is 6. The van der Waals surface area contributed by atoms with Crippen molar-refractivity contribution in [1.29, 1.82) is 0 Å². The summed E-state index contributed by atoms with van der Waals surface area (Å²) < 4.78 is 2.46. The molecule has 0 atom stereocenters. The number of benzene rings is 6. The highest BCUT2D eigenvalue weighted by Crippen LogP contribution is 2.40. The summed E-state index contributed by atoms with van der Waals surface area (Å²) in [6, 6.07) is 52.2. The Balaban J connectivity index is 0.00000433. The molecule has 47 heavy (non-hydrogen) atoms. The number of guanidine groups is 1. The van der Waals surface area contributed by atoms with Crippen molar-refractivity contribution in [2.75, 3.05) is 9.80 Å². The zero-order valence-corrected chi connectivity index (χ0v) is 28.8. The Morgan fingerprint density at radius 2 is 0.574 bits per heavy atom. The molecule has 0 aromatic heterocycles. The molecule has 3 nitrogen and oxygen atoms in total. The molecule has 4 heteroatoms. The van der Waals surface area contributed by atoms with Crippen LogP contribution in [0, 0.1) is 41.5 Å². The lowest BCUT2D eigenvalue weighted by molar-refractivity contribution is -0.00000935. The summed E-state index contributed by atoms with van der Waals surface area (Å²) in [4.78, 5) is 4.92. The lowest BCUT2D eigenvalue weighted by Gasteiger charge is -2.33. The maximum Gasteiger partial charge on any atom is 0.380 e. The number of halogens is 1. The predicted molar refractivity (Wildman–Crippen MR) is 198 cm³/mol. The summed E-state index contributed by atoms with van der Waals surface area (Å²) in [5, 5.41) is 0. The molecule has 6 rings (SSSR count). The topological polar surface area (TPSA) is 9.49 Å². The Labute approximate surface area is 286 Å². The van der Waals surface area contributed by atoms with Crippen LogP contribution in [0.5, 0.6) is 0 Å². The van der Waals surface area contributed by atoms with Gasteiger partial charge in [0.15, 0.2) is 0 Å². The van der Waals surface area contributed by atoms with Crippen LogP contribution in [-0.4, -0.2) is 5.96 Å². The lowest BCUT2D eigenvalue weighted by atomic mass is 10.1. The normalized spacial score (nSPS) is 10.6. The van der Waals surface area contributed by atoms with Crippen molar-refractivity contribution in [3.63, 3.8) is 0 Å². The average molecular weight is 636 g/mol. The summed E-state index contributed by atoms with van der Waals surface area (Å²) in [6.07, 6.45) is 0. The molecule has 0 aliphatic rings. The average Bonchev–Trinajstić information content (AvgIpc) is 3.06. The Kier molecular flexibility index (Phi) is 10.3. The first-order valence-corrected chi connectivity index (χ1v) is 16.0. The first-order chi connectivity index (χ1) is 22.4. The molecule has 0 radical (unpaired) electrons. The molecule has 0 aliphatic heterocycles. The number of hydrogen-bond acceptors (Lipinski definition) is 0. The summed E-state index contributed by atoms with van der Waals surface area (Å²) in [5.41, 5.74) is 13.8. The lowest BCUT2D eigenvalue weighted by Crippen LogP contribution is -3.00. The van der Waals surface area contributed by atoms with E-state index in [2.05, 4.69) is 202 Å². The van der Waals surface area contributed by atoms with Crippen LogP contribution in [-0.2, 0) is 0 Å². The third-order valence-corrected chi connectivity index (χ3v) is 8.74. The molecule has 236 valence electrons. The van der Waals surface area contributed by atoms with Crippen LogP contribution < -0.4 is 26.8 Å². The zero-order chi connectivity index (χ0) is 32.2. The second kappa shape index (κ2) is 14.5. The Bertz CT molecular complexity index is 1810. The van der Waals surface area contributed by atoms with Gasteiger partial charge in [-0.3, -0.25) is 0 Å². The van der Waals surface area contributed by atoms with Crippen molar-refractivity contribution in [2.24, 2.45) is 0 Å². The van der Waals surface area contributed by atoms with Gasteiger partial charge in [-0.2, -0.15) is 14.4 Å². The van der Waals surface area contributed by atoms with E-state index in [1.54, 1.807) is 0 Å². The van der Waals surface area contributed by atoms with Gasteiger partial charge in [0.1, 0.15) is 34.1 Å². The van der Waals surface area contributed by atoms with E-state index in [0.29, 0.717) is 0 Å². The molecule has 0 saturated carbocycles. The fraction of sp³-hybridized carbons (Fsp3) is 0.140. The van der Waals surface area contributed by atoms with Crippen LogP contribution in [0.1, 0.15) is 33.4 Å². The smallest absolute Gasteiger partial charge is 0.380 e. The van der Waals surface area contributed by atoms with Crippen LogP contribution in [0.15, 0.2) is 146 Å². The number of anilines is 4. The van der Waals surface area contributed by atoms with Gasteiger partial charge < -0.3 is 12.4 Å². The minimum atomic E-state index is 0. The van der Waals surface area contributed by atoms with Crippen LogP contribution in [0.3, 0.4) is 0 Å². The Morgan fingerprint density at radius 1 is 0.340 bits per heavy atom. The molecular formula is C43H42ClN3. The van der Waals surface area contributed by atoms with Crippen molar-refractivity contribution in [3.8, 4) is 0 Å². The van der Waals surface area contributed by atoms with Gasteiger partial charge in [-0.25, -0.2) is 0 Å². The van der Waals surface area contributed by atoms with Gasteiger partial charge in [-0.15, -0.1) is 0 Å². The summed E-state index contributed by atoms with van der Waals surface area (Å²) in [7, 11) is 0. The molecule has 0 saturated heterocycles. The monoisotopic (exact) mass is 635 g/mol. The highest BCUT2D eigenvalue weighted by atomic mass is 35.5. The van der Waals surface area contributed by atoms with Crippen molar-refractivity contribution in [2.45, 2.75) is 41.5 Å². The molecule has 6 aromatic rings. The van der Waals surface area contributed by atoms with Gasteiger partial charge in [-0.05, 0) is 111 Å². The van der Waals surface area contributed by atoms with Crippen LogP contribution in [0.2, 0.25) is 0 Å². The third kappa shape index (κ3) is 6.58. The van der Waals surface area contributed by atoms with E-state index in [1.807, 2.05) is 0 Å². The second-order valence-corrected chi connectivity index (χ2v) is 12.0. The minimum Gasteiger partial charge on any atom is -1.00 e. The summed E-state index contributed by atoms with van der Waals surface area (Å²) in [5.74, 6) is 0.996. The van der Waals surface area contributed by atoms with Gasteiger partial charge in [0.2, 0.25) is 0 Å². The van der Waals surface area contributed by atoms with Gasteiger partial charge in [0.25, 0.3) is 0 Å². The van der Waals surface area contributed by atoms with Gasteiger partial charge in [0, 0.05) is 0 Å². The molecule has 0 unspecified atom stereocenters. The van der Waals surface area contributed by atoms with Crippen molar-refractivity contribution < 1.29 is 12.4 Å². The predicted octanol–water partition coefficient (Wildman–Crippen LogP) is 8.41. The van der Waals surface area contributed by atoms with Gasteiger partial charge in [0.05, 0.1) is 0 Å². The third-order valence-electron chi connectivity index (χ3n) is 8.74. The first-order valence-electron chi connectivity index (χ1n) is 16.0. The fourth-order valence-electron chi connectivity index (χ4n) is 6.22. The Hall–Kier alpha value is -5.12.